The molecule has 1 aromatic rings. The van der Waals surface area contributed by atoms with Gasteiger partial charge in [0.25, 0.3) is 0 Å². The van der Waals surface area contributed by atoms with E-state index in [9.17, 15) is 9.59 Å². The van der Waals surface area contributed by atoms with Gasteiger partial charge in [0.15, 0.2) is 0 Å². The molecular weight excluding hydrogens is 288 g/mol. The largest absolute Gasteiger partial charge is 0.465 e. The quantitative estimate of drug-likeness (QED) is 0.860. The molecule has 0 unspecified atom stereocenters. The van der Waals surface area contributed by atoms with Gasteiger partial charge in [-0.1, -0.05) is 22.0 Å². The molecule has 0 radical (unpaired) electrons. The van der Waals surface area contributed by atoms with Gasteiger partial charge < -0.3 is 10.0 Å². The summed E-state index contributed by atoms with van der Waals surface area (Å²) < 4.78 is 0.892. The summed E-state index contributed by atoms with van der Waals surface area (Å²) in [6.45, 7) is 0.650. The second-order valence-electron chi connectivity index (χ2n) is 3.73. The monoisotopic (exact) mass is 298 g/mol. The van der Waals surface area contributed by atoms with Crippen LogP contribution in [0, 0.1) is 0 Å². The molecule has 1 aromatic carbocycles. The summed E-state index contributed by atoms with van der Waals surface area (Å²) in [5.41, 5.74) is 0.786. The van der Waals surface area contributed by atoms with E-state index in [2.05, 4.69) is 15.9 Å². The zero-order valence-corrected chi connectivity index (χ0v) is 10.6. The van der Waals surface area contributed by atoms with E-state index < -0.39 is 6.09 Å². The van der Waals surface area contributed by atoms with Crippen LogP contribution in [0.1, 0.15) is 0 Å². The second kappa shape index (κ2) is 4.75. The standard InChI is InChI=1S/C11H11BrN2O3/c12-8-2-1-3-9(6-8)14-5-4-13(11(16)17)7-10(14)15/h1-3,6H,4-5,7H2,(H,16,17). The number of hydrogen-bond donors (Lipinski definition) is 1. The van der Waals surface area contributed by atoms with Gasteiger partial charge in [0, 0.05) is 23.2 Å². The molecule has 1 N–H and O–H groups in total. The first kappa shape index (κ1) is 11.9. The highest BCUT2D eigenvalue weighted by Gasteiger charge is 2.27. The fourth-order valence-corrected chi connectivity index (χ4v) is 2.14. The van der Waals surface area contributed by atoms with Gasteiger partial charge >= 0.3 is 6.09 Å². The Morgan fingerprint density at radius 3 is 2.71 bits per heavy atom. The smallest absolute Gasteiger partial charge is 0.407 e. The minimum atomic E-state index is -1.05. The third-order valence-electron chi connectivity index (χ3n) is 2.61. The lowest BCUT2D eigenvalue weighted by Gasteiger charge is -2.32. The van der Waals surface area contributed by atoms with E-state index in [0.717, 1.165) is 15.1 Å². The molecule has 17 heavy (non-hydrogen) atoms. The zero-order valence-electron chi connectivity index (χ0n) is 8.97. The van der Waals surface area contributed by atoms with Gasteiger partial charge in [-0.25, -0.2) is 4.79 Å². The topological polar surface area (TPSA) is 60.9 Å². The number of anilines is 1. The highest BCUT2D eigenvalue weighted by atomic mass is 79.9. The summed E-state index contributed by atoms with van der Waals surface area (Å²) in [5, 5.41) is 8.80. The third kappa shape index (κ3) is 2.58. The molecule has 0 spiro atoms. The molecular formula is C11H11BrN2O3. The van der Waals surface area contributed by atoms with Crippen LogP contribution in [-0.4, -0.2) is 41.6 Å². The van der Waals surface area contributed by atoms with Crippen LogP contribution in [0.25, 0.3) is 0 Å². The van der Waals surface area contributed by atoms with Crippen LogP contribution in [0.2, 0.25) is 0 Å². The summed E-state index contributed by atoms with van der Waals surface area (Å²) in [4.78, 5) is 25.3. The molecule has 1 heterocycles. The summed E-state index contributed by atoms with van der Waals surface area (Å²) in [7, 11) is 0. The molecule has 0 atom stereocenters. The summed E-state index contributed by atoms with van der Waals surface area (Å²) in [5.74, 6) is -0.197. The molecule has 1 aliphatic heterocycles. The molecule has 0 aromatic heterocycles. The van der Waals surface area contributed by atoms with Crippen LogP contribution in [0.15, 0.2) is 28.7 Å². The number of rotatable bonds is 1. The van der Waals surface area contributed by atoms with E-state index in [1.807, 2.05) is 24.3 Å². The average Bonchev–Trinajstić information content (AvgIpc) is 2.28. The highest BCUT2D eigenvalue weighted by Crippen LogP contribution is 2.21. The predicted octanol–water partition coefficient (Wildman–Crippen LogP) is 1.78. The molecule has 1 aliphatic rings. The molecule has 1 fully saturated rings. The number of carbonyl (C=O) groups excluding carboxylic acids is 1. The van der Waals surface area contributed by atoms with Crippen LogP contribution in [-0.2, 0) is 4.79 Å². The van der Waals surface area contributed by atoms with E-state index in [1.54, 1.807) is 4.90 Å². The number of amides is 2. The fraction of sp³-hybridized carbons (Fsp3) is 0.273. The maximum Gasteiger partial charge on any atom is 0.407 e. The Morgan fingerprint density at radius 1 is 1.35 bits per heavy atom. The molecule has 1 saturated heterocycles. The number of nitrogens with zero attached hydrogens (tertiary/aromatic N) is 2. The third-order valence-corrected chi connectivity index (χ3v) is 3.10. The minimum absolute atomic E-state index is 0.0815. The highest BCUT2D eigenvalue weighted by molar-refractivity contribution is 9.10. The number of carboxylic acid groups (broad SMARTS) is 1. The molecule has 90 valence electrons. The van der Waals surface area contributed by atoms with Crippen LogP contribution < -0.4 is 4.90 Å². The van der Waals surface area contributed by atoms with Crippen LogP contribution in [0.4, 0.5) is 10.5 Å². The van der Waals surface area contributed by atoms with E-state index in [4.69, 9.17) is 5.11 Å². The van der Waals surface area contributed by atoms with E-state index >= 15 is 0 Å². The average molecular weight is 299 g/mol. The first-order valence-corrected chi connectivity index (χ1v) is 5.91. The first-order chi connectivity index (χ1) is 8.08. The Balaban J connectivity index is 2.15. The Kier molecular flexibility index (Phi) is 3.33. The molecule has 5 nitrogen and oxygen atoms in total. The normalized spacial score (nSPS) is 16.2. The molecule has 2 rings (SSSR count). The Bertz CT molecular complexity index is 464. The van der Waals surface area contributed by atoms with Crippen molar-refractivity contribution >= 4 is 33.6 Å². The van der Waals surface area contributed by atoms with Crippen molar-refractivity contribution in [1.29, 1.82) is 0 Å². The van der Waals surface area contributed by atoms with E-state index in [0.29, 0.717) is 13.1 Å². The van der Waals surface area contributed by atoms with Gasteiger partial charge in [-0.15, -0.1) is 0 Å². The number of benzene rings is 1. The van der Waals surface area contributed by atoms with Crippen molar-refractivity contribution in [2.75, 3.05) is 24.5 Å². The number of hydrogen-bond acceptors (Lipinski definition) is 2. The lowest BCUT2D eigenvalue weighted by atomic mass is 10.2. The number of halogens is 1. The summed E-state index contributed by atoms with van der Waals surface area (Å²) in [6, 6.07) is 7.39. The van der Waals surface area contributed by atoms with Gasteiger partial charge in [0.05, 0.1) is 0 Å². The number of piperazine rings is 1. The van der Waals surface area contributed by atoms with Crippen molar-refractivity contribution in [2.45, 2.75) is 0 Å². The number of carbonyl (C=O) groups is 2. The lowest BCUT2D eigenvalue weighted by Crippen LogP contribution is -2.52. The van der Waals surface area contributed by atoms with Crippen molar-refractivity contribution in [2.24, 2.45) is 0 Å². The maximum absolute atomic E-state index is 11.8. The molecule has 2 amide bonds. The second-order valence-corrected chi connectivity index (χ2v) is 4.65. The molecule has 0 bridgehead atoms. The van der Waals surface area contributed by atoms with E-state index in [-0.39, 0.29) is 12.5 Å². The van der Waals surface area contributed by atoms with Crippen molar-refractivity contribution < 1.29 is 14.7 Å². The van der Waals surface area contributed by atoms with Crippen LogP contribution in [0.5, 0.6) is 0 Å². The van der Waals surface area contributed by atoms with Crippen molar-refractivity contribution in [1.82, 2.24) is 4.90 Å². The van der Waals surface area contributed by atoms with Gasteiger partial charge in [0.1, 0.15) is 6.54 Å². The van der Waals surface area contributed by atoms with E-state index in [1.165, 1.54) is 0 Å². The Morgan fingerprint density at radius 2 is 2.12 bits per heavy atom. The Labute approximate surface area is 107 Å². The molecule has 6 heteroatoms. The van der Waals surface area contributed by atoms with Crippen molar-refractivity contribution in [3.05, 3.63) is 28.7 Å². The van der Waals surface area contributed by atoms with Gasteiger partial charge in [-0.05, 0) is 18.2 Å². The summed E-state index contributed by atoms with van der Waals surface area (Å²) in [6.07, 6.45) is -1.05. The van der Waals surface area contributed by atoms with Crippen LogP contribution in [0.3, 0.4) is 0 Å². The van der Waals surface area contributed by atoms with Crippen molar-refractivity contribution in [3.8, 4) is 0 Å². The predicted molar refractivity (Wildman–Crippen MR) is 66.1 cm³/mol. The van der Waals surface area contributed by atoms with Crippen molar-refractivity contribution in [3.63, 3.8) is 0 Å². The first-order valence-electron chi connectivity index (χ1n) is 5.12. The van der Waals surface area contributed by atoms with Gasteiger partial charge in [0.2, 0.25) is 5.91 Å². The SMILES string of the molecule is O=C(O)N1CCN(c2cccc(Br)c2)C(=O)C1. The van der Waals surface area contributed by atoms with Gasteiger partial charge in [-0.3, -0.25) is 9.69 Å². The lowest BCUT2D eigenvalue weighted by molar-refractivity contribution is -0.120. The molecule has 0 aliphatic carbocycles. The molecule has 0 saturated carbocycles. The Hall–Kier alpha value is -1.56. The zero-order chi connectivity index (χ0) is 12.4. The summed E-state index contributed by atoms with van der Waals surface area (Å²) >= 11 is 3.34. The minimum Gasteiger partial charge on any atom is -0.465 e. The fourth-order valence-electron chi connectivity index (χ4n) is 1.75. The van der Waals surface area contributed by atoms with Crippen LogP contribution >= 0.6 is 15.9 Å². The van der Waals surface area contributed by atoms with Gasteiger partial charge in [-0.2, -0.15) is 0 Å². The maximum atomic E-state index is 11.8.